The van der Waals surface area contributed by atoms with Crippen molar-refractivity contribution in [2.75, 3.05) is 25.0 Å². The van der Waals surface area contributed by atoms with Gasteiger partial charge < -0.3 is 26.7 Å². The Kier molecular flexibility index (Phi) is 16.8. The molecule has 15 heteroatoms. The van der Waals surface area contributed by atoms with Crippen LogP contribution in [0.1, 0.15) is 103 Å². The number of allylic oxidation sites excluding steroid dienone is 2. The Morgan fingerprint density at radius 3 is 2.32 bits per heavy atom. The molecule has 0 unspecified atom stereocenters. The normalized spacial score (nSPS) is 18.7. The highest BCUT2D eigenvalue weighted by molar-refractivity contribution is 6.17. The molecule has 3 rings (SSSR count). The van der Waals surface area contributed by atoms with Crippen molar-refractivity contribution in [3.8, 4) is 0 Å². The van der Waals surface area contributed by atoms with E-state index in [9.17, 15) is 28.8 Å². The van der Waals surface area contributed by atoms with Crippen LogP contribution in [0, 0.1) is 30.1 Å². The van der Waals surface area contributed by atoms with Gasteiger partial charge in [-0.15, -0.1) is 0 Å². The summed E-state index contributed by atoms with van der Waals surface area (Å²) in [7, 11) is 1.56. The van der Waals surface area contributed by atoms with E-state index in [-0.39, 0.29) is 42.3 Å². The van der Waals surface area contributed by atoms with Crippen LogP contribution in [0.15, 0.2) is 64.4 Å². The predicted molar refractivity (Wildman–Crippen MR) is 232 cm³/mol. The molecule has 2 aliphatic heterocycles. The summed E-state index contributed by atoms with van der Waals surface area (Å²) in [5.74, 6) is -1.94. The molecule has 2 heterocycles. The number of likely N-dealkylation sites (N-methyl/N-ethyl adjacent to an activating group) is 1. The SMILES string of the molecule is C=C(/C=C\C(C)=N)N=CN=C1C(=CN)CN(c2cc(C(=O)C[C@@H](CC(C)C)C(=O)N3CCC[C@H]3C(=O)NC(C)(C)C(=O)N[C@@H](CC(C)C)C(C)=O)ccc2C)C(=O)N1C. The van der Waals surface area contributed by atoms with Gasteiger partial charge in [0.15, 0.2) is 11.6 Å². The maximum absolute atomic E-state index is 14.3. The summed E-state index contributed by atoms with van der Waals surface area (Å²) in [6.07, 6.45) is 7.49. The Balaban J connectivity index is 1.81. The number of carbonyl (C=O) groups is 6. The molecule has 0 saturated carbocycles. The molecule has 2 fully saturated rings. The number of amides is 5. The molecule has 5 N–H and O–H groups in total. The molecule has 320 valence electrons. The Bertz CT molecular complexity index is 1940. The third kappa shape index (κ3) is 12.9. The highest BCUT2D eigenvalue weighted by atomic mass is 16.2. The zero-order valence-electron chi connectivity index (χ0n) is 36.3. The standard InChI is InChI=1S/C44H63N9O6/c1-26(2)19-33(41(57)52-18-12-13-36(52)40(56)50-44(9,10)42(58)49-35(31(8)54)20-27(3)4)22-38(55)32-17-14-28(5)37(21-32)53-24-34(23-45)39(51(11)43(53)59)48-25-47-30(7)16-15-29(6)46/h14-17,21,23,25-27,33,35-36,46H,7,12-13,18-20,22,24,45H2,1-6,8-11H3,(H,49,58)(H,50,56)/b16-15-,34-23?,46-29?,47-25?,48-39?/t33-,35+,36+/m1/s1. The van der Waals surface area contributed by atoms with Crippen molar-refractivity contribution in [1.82, 2.24) is 20.4 Å². The summed E-state index contributed by atoms with van der Waals surface area (Å²) < 4.78 is 0. The van der Waals surface area contributed by atoms with Gasteiger partial charge in [0.25, 0.3) is 0 Å². The van der Waals surface area contributed by atoms with E-state index in [2.05, 4.69) is 27.2 Å². The molecule has 15 nitrogen and oxygen atoms in total. The van der Waals surface area contributed by atoms with Crippen molar-refractivity contribution in [1.29, 1.82) is 5.41 Å². The molecule has 0 aromatic heterocycles. The molecule has 3 atom stereocenters. The highest BCUT2D eigenvalue weighted by Gasteiger charge is 2.41. The minimum atomic E-state index is -1.36. The fourth-order valence-electron chi connectivity index (χ4n) is 7.08. The van der Waals surface area contributed by atoms with Gasteiger partial charge in [-0.2, -0.15) is 0 Å². The van der Waals surface area contributed by atoms with Gasteiger partial charge in [0, 0.05) is 54.7 Å². The van der Waals surface area contributed by atoms with Crippen LogP contribution in [-0.2, 0) is 19.2 Å². The molecular weight excluding hydrogens is 751 g/mol. The van der Waals surface area contributed by atoms with Crippen LogP contribution in [0.25, 0.3) is 0 Å². The van der Waals surface area contributed by atoms with E-state index in [0.29, 0.717) is 66.3 Å². The van der Waals surface area contributed by atoms with Crippen molar-refractivity contribution in [3.63, 3.8) is 0 Å². The number of ketones is 2. The maximum atomic E-state index is 14.3. The number of rotatable bonds is 18. The fraction of sp³-hybridized carbons (Fsp3) is 0.523. The third-order valence-corrected chi connectivity index (χ3v) is 10.3. The zero-order chi connectivity index (χ0) is 44.4. The Morgan fingerprint density at radius 2 is 1.73 bits per heavy atom. The lowest BCUT2D eigenvalue weighted by atomic mass is 9.88. The van der Waals surface area contributed by atoms with Gasteiger partial charge in [0.1, 0.15) is 23.8 Å². The first-order valence-electron chi connectivity index (χ1n) is 20.1. The van der Waals surface area contributed by atoms with Gasteiger partial charge >= 0.3 is 6.03 Å². The van der Waals surface area contributed by atoms with Crippen molar-refractivity contribution in [3.05, 3.63) is 65.5 Å². The van der Waals surface area contributed by atoms with Crippen LogP contribution in [0.2, 0.25) is 0 Å². The molecular formula is C44H63N9O6. The first-order valence-corrected chi connectivity index (χ1v) is 20.1. The number of likely N-dealkylation sites (tertiary alicyclic amines) is 1. The highest BCUT2D eigenvalue weighted by Crippen LogP contribution is 2.30. The molecule has 2 saturated heterocycles. The maximum Gasteiger partial charge on any atom is 0.330 e. The van der Waals surface area contributed by atoms with E-state index in [4.69, 9.17) is 11.1 Å². The van der Waals surface area contributed by atoms with E-state index >= 15 is 0 Å². The van der Waals surface area contributed by atoms with E-state index < -0.39 is 41.4 Å². The minimum absolute atomic E-state index is 0.0623. The molecule has 1 aromatic carbocycles. The first kappa shape index (κ1) is 47.6. The van der Waals surface area contributed by atoms with E-state index in [1.807, 2.05) is 34.6 Å². The average Bonchev–Trinajstić information content (AvgIpc) is 3.65. The van der Waals surface area contributed by atoms with Gasteiger partial charge in [-0.05, 0) is 95.9 Å². The van der Waals surface area contributed by atoms with Gasteiger partial charge in [-0.3, -0.25) is 33.8 Å². The van der Waals surface area contributed by atoms with Crippen molar-refractivity contribution < 1.29 is 28.8 Å². The number of nitrogens with two attached hydrogens (primary N) is 1. The number of Topliss-reactive ketones (excluding diaryl/α,β-unsaturated/α-hetero) is 2. The van der Waals surface area contributed by atoms with Crippen molar-refractivity contribution in [2.45, 2.75) is 112 Å². The Hall–Kier alpha value is -5.73. The second kappa shape index (κ2) is 20.8. The lowest BCUT2D eigenvalue weighted by molar-refractivity contribution is -0.143. The molecule has 0 spiro atoms. The Labute approximate surface area is 348 Å². The quantitative estimate of drug-likeness (QED) is 0.0648. The van der Waals surface area contributed by atoms with E-state index in [0.717, 1.165) is 5.56 Å². The van der Waals surface area contributed by atoms with E-state index in [1.165, 1.54) is 34.2 Å². The first-order chi connectivity index (χ1) is 27.6. The van der Waals surface area contributed by atoms with Crippen LogP contribution in [0.5, 0.6) is 0 Å². The van der Waals surface area contributed by atoms with Crippen molar-refractivity contribution >= 4 is 58.9 Å². The second-order valence-electron chi connectivity index (χ2n) is 16.8. The summed E-state index contributed by atoms with van der Waals surface area (Å²) in [5, 5.41) is 13.1. The molecule has 5 amide bonds. The number of anilines is 1. The largest absolute Gasteiger partial charge is 0.404 e. The number of hydrogen-bond donors (Lipinski definition) is 4. The fourth-order valence-corrected chi connectivity index (χ4v) is 7.08. The van der Waals surface area contributed by atoms with Gasteiger partial charge in [-0.1, -0.05) is 46.4 Å². The molecule has 0 radical (unpaired) electrons. The molecule has 59 heavy (non-hydrogen) atoms. The van der Waals surface area contributed by atoms with Crippen LogP contribution >= 0.6 is 0 Å². The number of hydrogen-bond acceptors (Lipinski definition) is 9. The molecule has 0 bridgehead atoms. The number of nitrogens with zero attached hydrogens (tertiary/aromatic N) is 5. The van der Waals surface area contributed by atoms with Crippen molar-refractivity contribution in [2.24, 2.45) is 33.5 Å². The smallest absolute Gasteiger partial charge is 0.330 e. The minimum Gasteiger partial charge on any atom is -0.404 e. The Morgan fingerprint density at radius 1 is 1.07 bits per heavy atom. The number of aliphatic imine (C=N–C) groups is 2. The number of nitrogens with one attached hydrogen (secondary N) is 3. The van der Waals surface area contributed by atoms with E-state index in [1.54, 1.807) is 58.2 Å². The van der Waals surface area contributed by atoms with Crippen LogP contribution in [0.4, 0.5) is 10.5 Å². The molecule has 1 aromatic rings. The summed E-state index contributed by atoms with van der Waals surface area (Å²) in [6, 6.07) is 3.17. The summed E-state index contributed by atoms with van der Waals surface area (Å²) in [4.78, 5) is 94.2. The molecule has 0 aliphatic carbocycles. The predicted octanol–water partition coefficient (Wildman–Crippen LogP) is 5.49. The monoisotopic (exact) mass is 813 g/mol. The van der Waals surface area contributed by atoms with Gasteiger partial charge in [0.05, 0.1) is 18.3 Å². The topological polar surface area (TPSA) is 211 Å². The molecule has 2 aliphatic rings. The average molecular weight is 814 g/mol. The van der Waals surface area contributed by atoms with Gasteiger partial charge in [0.2, 0.25) is 17.7 Å². The second-order valence-corrected chi connectivity index (χ2v) is 16.8. The zero-order valence-corrected chi connectivity index (χ0v) is 36.3. The number of carbonyl (C=O) groups excluding carboxylic acids is 6. The van der Waals surface area contributed by atoms with Crippen LogP contribution < -0.4 is 21.3 Å². The van der Waals surface area contributed by atoms with Gasteiger partial charge in [-0.25, -0.2) is 14.8 Å². The lowest BCUT2D eigenvalue weighted by Crippen LogP contribution is -2.60. The number of aryl methyl sites for hydroxylation is 1. The lowest BCUT2D eigenvalue weighted by Gasteiger charge is -2.36. The number of benzene rings is 1. The summed E-state index contributed by atoms with van der Waals surface area (Å²) in [6.45, 7) is 20.1. The summed E-state index contributed by atoms with van der Waals surface area (Å²) in [5.41, 5.74) is 7.45. The summed E-state index contributed by atoms with van der Waals surface area (Å²) >= 11 is 0. The number of amidine groups is 1. The third-order valence-electron chi connectivity index (χ3n) is 10.3. The van der Waals surface area contributed by atoms with Crippen LogP contribution in [-0.4, -0.2) is 101 Å². The van der Waals surface area contributed by atoms with Crippen LogP contribution in [0.3, 0.4) is 0 Å². The number of urea groups is 1.